The number of nitro benzene ring substituents is 1. The molecule has 2 N–H and O–H groups in total. The Bertz CT molecular complexity index is 930. The van der Waals surface area contributed by atoms with E-state index in [0.717, 1.165) is 18.9 Å². The van der Waals surface area contributed by atoms with E-state index >= 15 is 0 Å². The average molecular weight is 387 g/mol. The summed E-state index contributed by atoms with van der Waals surface area (Å²) in [5, 5.41) is 16.6. The first kappa shape index (κ1) is 19.3. The fraction of sp³-hybridized carbons (Fsp3) is 0.263. The van der Waals surface area contributed by atoms with Gasteiger partial charge in [0.1, 0.15) is 11.5 Å². The minimum Gasteiger partial charge on any atom is -0.449 e. The van der Waals surface area contributed by atoms with Crippen LogP contribution in [0.1, 0.15) is 30.1 Å². The summed E-state index contributed by atoms with van der Waals surface area (Å²) in [6.45, 7) is 1.32. The molecule has 0 saturated heterocycles. The predicted molar refractivity (Wildman–Crippen MR) is 99.6 cm³/mol. The molecule has 3 rings (SSSR count). The lowest BCUT2D eigenvalue weighted by atomic mass is 10.1. The van der Waals surface area contributed by atoms with Crippen molar-refractivity contribution < 1.29 is 23.6 Å². The van der Waals surface area contributed by atoms with E-state index in [1.165, 1.54) is 37.3 Å². The van der Waals surface area contributed by atoms with Crippen LogP contribution in [0.3, 0.4) is 0 Å². The van der Waals surface area contributed by atoms with Crippen molar-refractivity contribution >= 4 is 28.9 Å². The molecule has 1 aliphatic carbocycles. The first-order valence-electron chi connectivity index (χ1n) is 8.66. The van der Waals surface area contributed by atoms with E-state index in [9.17, 15) is 24.1 Å². The average Bonchev–Trinajstić information content (AvgIpc) is 3.47. The molecule has 28 heavy (non-hydrogen) atoms. The van der Waals surface area contributed by atoms with E-state index in [4.69, 9.17) is 4.74 Å². The van der Waals surface area contributed by atoms with Gasteiger partial charge in [-0.25, -0.2) is 9.18 Å². The Hall–Kier alpha value is -3.49. The van der Waals surface area contributed by atoms with Crippen LogP contribution in [-0.2, 0) is 9.53 Å². The molecule has 0 heterocycles. The third-order valence-electron chi connectivity index (χ3n) is 4.15. The molecule has 0 aromatic heterocycles. The van der Waals surface area contributed by atoms with Gasteiger partial charge in [0.05, 0.1) is 16.2 Å². The van der Waals surface area contributed by atoms with Crippen LogP contribution < -0.4 is 10.6 Å². The second-order valence-electron chi connectivity index (χ2n) is 6.42. The number of esters is 1. The second-order valence-corrected chi connectivity index (χ2v) is 6.42. The summed E-state index contributed by atoms with van der Waals surface area (Å²) < 4.78 is 18.7. The Labute approximate surface area is 159 Å². The fourth-order valence-electron chi connectivity index (χ4n) is 2.46. The van der Waals surface area contributed by atoms with Crippen LogP contribution in [-0.4, -0.2) is 28.9 Å². The van der Waals surface area contributed by atoms with E-state index in [2.05, 4.69) is 10.6 Å². The first-order valence-corrected chi connectivity index (χ1v) is 8.66. The summed E-state index contributed by atoms with van der Waals surface area (Å²) in [7, 11) is 0. The van der Waals surface area contributed by atoms with Crippen molar-refractivity contribution in [2.45, 2.75) is 31.9 Å². The number of rotatable bonds is 7. The molecular formula is C19H18FN3O5. The van der Waals surface area contributed by atoms with Gasteiger partial charge in [-0.2, -0.15) is 0 Å². The molecule has 0 spiro atoms. The van der Waals surface area contributed by atoms with Crippen molar-refractivity contribution in [1.82, 2.24) is 0 Å². The Balaban J connectivity index is 1.67. The molecule has 0 unspecified atom stereocenters. The van der Waals surface area contributed by atoms with Gasteiger partial charge >= 0.3 is 5.97 Å². The van der Waals surface area contributed by atoms with E-state index in [1.807, 2.05) is 0 Å². The number of para-hydroxylation sites is 1. The molecular weight excluding hydrogens is 369 g/mol. The number of amides is 1. The highest BCUT2D eigenvalue weighted by atomic mass is 19.1. The van der Waals surface area contributed by atoms with Crippen molar-refractivity contribution in [2.75, 3.05) is 10.6 Å². The molecule has 0 aliphatic heterocycles. The zero-order chi connectivity index (χ0) is 20.3. The zero-order valence-electron chi connectivity index (χ0n) is 15.0. The maximum atomic E-state index is 13.6. The van der Waals surface area contributed by atoms with Crippen molar-refractivity contribution in [2.24, 2.45) is 0 Å². The summed E-state index contributed by atoms with van der Waals surface area (Å²) in [6.07, 6.45) is 0.654. The maximum Gasteiger partial charge on any atom is 0.339 e. The SMILES string of the molecule is C[C@H](OC(=O)c1ccc(NC2CC2)c([N+](=O)[O-])c1)C(=O)Nc1ccccc1F. The van der Waals surface area contributed by atoms with Crippen LogP contribution in [0.15, 0.2) is 42.5 Å². The number of nitro groups is 1. The van der Waals surface area contributed by atoms with Gasteiger partial charge in [-0.1, -0.05) is 12.1 Å². The predicted octanol–water partition coefficient (Wildman–Crippen LogP) is 3.49. The van der Waals surface area contributed by atoms with Gasteiger partial charge < -0.3 is 15.4 Å². The molecule has 146 valence electrons. The zero-order valence-corrected chi connectivity index (χ0v) is 15.0. The van der Waals surface area contributed by atoms with E-state index in [-0.39, 0.29) is 23.0 Å². The lowest BCUT2D eigenvalue weighted by molar-refractivity contribution is -0.384. The molecule has 1 fully saturated rings. The Morgan fingerprint density at radius 3 is 2.57 bits per heavy atom. The fourth-order valence-corrected chi connectivity index (χ4v) is 2.46. The van der Waals surface area contributed by atoms with Crippen LogP contribution in [0.2, 0.25) is 0 Å². The molecule has 8 nitrogen and oxygen atoms in total. The number of carbonyl (C=O) groups is 2. The van der Waals surface area contributed by atoms with Crippen molar-refractivity contribution in [1.29, 1.82) is 0 Å². The minimum absolute atomic E-state index is 0.0402. The topological polar surface area (TPSA) is 111 Å². The lowest BCUT2D eigenvalue weighted by Gasteiger charge is -2.14. The normalized spacial score (nSPS) is 14.1. The largest absolute Gasteiger partial charge is 0.449 e. The summed E-state index contributed by atoms with van der Waals surface area (Å²) in [4.78, 5) is 35.1. The number of hydrogen-bond donors (Lipinski definition) is 2. The van der Waals surface area contributed by atoms with E-state index in [1.54, 1.807) is 6.07 Å². The van der Waals surface area contributed by atoms with Crippen LogP contribution in [0.4, 0.5) is 21.5 Å². The molecule has 1 atom stereocenters. The molecule has 1 amide bonds. The van der Waals surface area contributed by atoms with Gasteiger partial charge in [0, 0.05) is 12.1 Å². The van der Waals surface area contributed by atoms with Crippen LogP contribution >= 0.6 is 0 Å². The second kappa shape index (κ2) is 8.03. The van der Waals surface area contributed by atoms with Crippen LogP contribution in [0.5, 0.6) is 0 Å². The number of anilines is 2. The minimum atomic E-state index is -1.23. The summed E-state index contributed by atoms with van der Waals surface area (Å²) in [5.74, 6) is -2.24. The smallest absolute Gasteiger partial charge is 0.339 e. The summed E-state index contributed by atoms with van der Waals surface area (Å²) >= 11 is 0. The van der Waals surface area contributed by atoms with Crippen molar-refractivity contribution in [3.8, 4) is 0 Å². The lowest BCUT2D eigenvalue weighted by Crippen LogP contribution is -2.30. The third-order valence-corrected chi connectivity index (χ3v) is 4.15. The van der Waals surface area contributed by atoms with Crippen molar-refractivity contribution in [3.05, 3.63) is 64.0 Å². The Morgan fingerprint density at radius 2 is 1.93 bits per heavy atom. The molecule has 0 bridgehead atoms. The van der Waals surface area contributed by atoms with E-state index in [0.29, 0.717) is 5.69 Å². The summed E-state index contributed by atoms with van der Waals surface area (Å²) in [5.41, 5.74) is -0.0145. The highest BCUT2D eigenvalue weighted by molar-refractivity contribution is 5.97. The van der Waals surface area contributed by atoms with E-state index < -0.39 is 28.7 Å². The van der Waals surface area contributed by atoms with Crippen LogP contribution in [0, 0.1) is 15.9 Å². The van der Waals surface area contributed by atoms with Gasteiger partial charge in [0.25, 0.3) is 11.6 Å². The highest BCUT2D eigenvalue weighted by Crippen LogP contribution is 2.31. The number of carbonyl (C=O) groups excluding carboxylic acids is 2. The van der Waals surface area contributed by atoms with Crippen LogP contribution in [0.25, 0.3) is 0 Å². The number of nitrogens with zero attached hydrogens (tertiary/aromatic N) is 1. The standard InChI is InChI=1S/C19H18FN3O5/c1-11(18(24)22-15-5-3-2-4-14(15)20)28-19(25)12-6-9-16(21-13-7-8-13)17(10-12)23(26)27/h2-6,9-11,13,21H,7-8H2,1H3,(H,22,24)/t11-/m0/s1. The van der Waals surface area contributed by atoms with Crippen molar-refractivity contribution in [3.63, 3.8) is 0 Å². The molecule has 0 radical (unpaired) electrons. The quantitative estimate of drug-likeness (QED) is 0.427. The molecule has 2 aromatic carbocycles. The molecule has 9 heteroatoms. The monoisotopic (exact) mass is 387 g/mol. The third kappa shape index (κ3) is 4.61. The summed E-state index contributed by atoms with van der Waals surface area (Å²) in [6, 6.07) is 9.72. The number of benzene rings is 2. The van der Waals surface area contributed by atoms with Gasteiger partial charge in [0.2, 0.25) is 0 Å². The molecule has 1 saturated carbocycles. The number of hydrogen-bond acceptors (Lipinski definition) is 6. The highest BCUT2D eigenvalue weighted by Gasteiger charge is 2.27. The number of halogens is 1. The Kier molecular flexibility index (Phi) is 5.53. The molecule has 1 aliphatic rings. The van der Waals surface area contributed by atoms with Gasteiger partial charge in [-0.05, 0) is 44.0 Å². The van der Waals surface area contributed by atoms with Gasteiger partial charge in [0.15, 0.2) is 6.10 Å². The maximum absolute atomic E-state index is 13.6. The molecule has 2 aromatic rings. The number of nitrogens with one attached hydrogen (secondary N) is 2. The number of ether oxygens (including phenoxy) is 1. The van der Waals surface area contributed by atoms with Gasteiger partial charge in [-0.3, -0.25) is 14.9 Å². The first-order chi connectivity index (χ1) is 13.3. The Morgan fingerprint density at radius 1 is 1.21 bits per heavy atom. The van der Waals surface area contributed by atoms with Gasteiger partial charge in [-0.15, -0.1) is 0 Å².